The molecule has 0 bridgehead atoms. The van der Waals surface area contributed by atoms with Crippen LogP contribution in [-0.2, 0) is 17.9 Å². The standard InChI is InChI=1S/C19H24N2O3/c1-15(2)12-21(13-16-6-4-3-5-7-16)14-18-9-8-17(24-18)10-11-19(22)20-23/h3-11,15,23H,12-14H2,1-2H3,(H,20,22)/b11-10+. The van der Waals surface area contributed by atoms with Crippen molar-refractivity contribution in [3.63, 3.8) is 0 Å². The second-order valence-electron chi connectivity index (χ2n) is 6.16. The smallest absolute Gasteiger partial charge is 0.267 e. The number of carbonyl (C=O) groups excluding carboxylic acids is 1. The SMILES string of the molecule is CC(C)CN(Cc1ccccc1)Cc1ccc(/C=C/C(=O)NO)o1. The maximum atomic E-state index is 11.0. The minimum absolute atomic E-state index is 0.552. The summed E-state index contributed by atoms with van der Waals surface area (Å²) >= 11 is 0. The van der Waals surface area contributed by atoms with E-state index in [1.54, 1.807) is 5.48 Å². The molecule has 5 nitrogen and oxygen atoms in total. The molecule has 0 saturated carbocycles. The van der Waals surface area contributed by atoms with Gasteiger partial charge in [0.25, 0.3) is 5.91 Å². The first-order valence-electron chi connectivity index (χ1n) is 8.04. The molecule has 0 unspecified atom stereocenters. The highest BCUT2D eigenvalue weighted by Gasteiger charge is 2.11. The second-order valence-corrected chi connectivity index (χ2v) is 6.16. The first-order chi connectivity index (χ1) is 11.6. The molecule has 2 N–H and O–H groups in total. The topological polar surface area (TPSA) is 65.7 Å². The fourth-order valence-corrected chi connectivity index (χ4v) is 2.53. The maximum Gasteiger partial charge on any atom is 0.267 e. The van der Waals surface area contributed by atoms with Crippen LogP contribution >= 0.6 is 0 Å². The largest absolute Gasteiger partial charge is 0.460 e. The summed E-state index contributed by atoms with van der Waals surface area (Å²) in [6.45, 7) is 6.92. The summed E-state index contributed by atoms with van der Waals surface area (Å²) < 4.78 is 5.74. The van der Waals surface area contributed by atoms with Crippen LogP contribution in [0.4, 0.5) is 0 Å². The van der Waals surface area contributed by atoms with Crippen LogP contribution in [0.3, 0.4) is 0 Å². The number of benzene rings is 1. The van der Waals surface area contributed by atoms with Gasteiger partial charge in [0.15, 0.2) is 0 Å². The summed E-state index contributed by atoms with van der Waals surface area (Å²) in [5.41, 5.74) is 2.82. The van der Waals surface area contributed by atoms with Crippen LogP contribution < -0.4 is 5.48 Å². The summed E-state index contributed by atoms with van der Waals surface area (Å²) in [4.78, 5) is 13.3. The van der Waals surface area contributed by atoms with E-state index in [-0.39, 0.29) is 0 Å². The Kier molecular flexibility index (Phi) is 6.78. The maximum absolute atomic E-state index is 11.0. The van der Waals surface area contributed by atoms with Gasteiger partial charge in [-0.05, 0) is 29.7 Å². The fraction of sp³-hybridized carbons (Fsp3) is 0.316. The van der Waals surface area contributed by atoms with Crippen LogP contribution in [0.2, 0.25) is 0 Å². The zero-order valence-corrected chi connectivity index (χ0v) is 14.1. The van der Waals surface area contributed by atoms with E-state index in [0.717, 1.165) is 18.8 Å². The van der Waals surface area contributed by atoms with E-state index < -0.39 is 5.91 Å². The van der Waals surface area contributed by atoms with Crippen molar-refractivity contribution in [1.82, 2.24) is 10.4 Å². The van der Waals surface area contributed by atoms with Gasteiger partial charge in [-0.1, -0.05) is 44.2 Å². The Morgan fingerprint density at radius 2 is 1.96 bits per heavy atom. The van der Waals surface area contributed by atoms with E-state index in [2.05, 4.69) is 30.9 Å². The van der Waals surface area contributed by atoms with Crippen molar-refractivity contribution in [3.8, 4) is 0 Å². The quantitative estimate of drug-likeness (QED) is 0.442. The van der Waals surface area contributed by atoms with E-state index >= 15 is 0 Å². The Balaban J connectivity index is 2.02. The monoisotopic (exact) mass is 328 g/mol. The van der Waals surface area contributed by atoms with Crippen LogP contribution in [0.15, 0.2) is 53.0 Å². The van der Waals surface area contributed by atoms with Gasteiger partial charge in [0.1, 0.15) is 11.5 Å². The number of hydrogen-bond donors (Lipinski definition) is 2. The van der Waals surface area contributed by atoms with Crippen LogP contribution in [0, 0.1) is 5.92 Å². The molecular formula is C19H24N2O3. The van der Waals surface area contributed by atoms with Crippen molar-refractivity contribution >= 4 is 12.0 Å². The van der Waals surface area contributed by atoms with Crippen LogP contribution in [-0.4, -0.2) is 22.6 Å². The number of furan rings is 1. The van der Waals surface area contributed by atoms with Gasteiger partial charge < -0.3 is 4.42 Å². The average molecular weight is 328 g/mol. The zero-order valence-electron chi connectivity index (χ0n) is 14.1. The third kappa shape index (κ3) is 6.02. The lowest BCUT2D eigenvalue weighted by atomic mass is 10.1. The van der Waals surface area contributed by atoms with Gasteiger partial charge in [0.2, 0.25) is 0 Å². The van der Waals surface area contributed by atoms with Crippen molar-refractivity contribution < 1.29 is 14.4 Å². The minimum atomic E-state index is -0.585. The Hall–Kier alpha value is -2.37. The summed E-state index contributed by atoms with van der Waals surface area (Å²) in [5, 5.41) is 8.47. The third-order valence-corrected chi connectivity index (χ3v) is 3.44. The molecule has 0 aliphatic carbocycles. The molecule has 1 aromatic carbocycles. The van der Waals surface area contributed by atoms with E-state index in [1.807, 2.05) is 30.3 Å². The molecule has 0 atom stereocenters. The lowest BCUT2D eigenvalue weighted by molar-refractivity contribution is -0.124. The average Bonchev–Trinajstić information content (AvgIpc) is 3.00. The number of hydroxylamine groups is 1. The molecular weight excluding hydrogens is 304 g/mol. The molecule has 5 heteroatoms. The molecule has 0 saturated heterocycles. The Morgan fingerprint density at radius 1 is 1.21 bits per heavy atom. The van der Waals surface area contributed by atoms with Crippen LogP contribution in [0.1, 0.15) is 30.9 Å². The second kappa shape index (κ2) is 9.05. The Bertz CT molecular complexity index is 662. The summed E-state index contributed by atoms with van der Waals surface area (Å²) in [6.07, 6.45) is 2.75. The van der Waals surface area contributed by atoms with Crippen molar-refractivity contribution in [3.05, 3.63) is 65.6 Å². The van der Waals surface area contributed by atoms with Crippen LogP contribution in [0.25, 0.3) is 6.08 Å². The summed E-state index contributed by atoms with van der Waals surface area (Å²) in [7, 11) is 0. The third-order valence-electron chi connectivity index (χ3n) is 3.44. The van der Waals surface area contributed by atoms with Crippen molar-refractivity contribution in [2.24, 2.45) is 5.92 Å². The van der Waals surface area contributed by atoms with Crippen molar-refractivity contribution in [1.29, 1.82) is 0 Å². The summed E-state index contributed by atoms with van der Waals surface area (Å²) in [5.74, 6) is 1.39. The van der Waals surface area contributed by atoms with Gasteiger partial charge >= 0.3 is 0 Å². The lowest BCUT2D eigenvalue weighted by Gasteiger charge is -2.23. The predicted molar refractivity (Wildman–Crippen MR) is 93.1 cm³/mol. The Labute approximate surface area is 142 Å². The van der Waals surface area contributed by atoms with E-state index in [1.165, 1.54) is 17.7 Å². The van der Waals surface area contributed by atoms with Crippen molar-refractivity contribution in [2.45, 2.75) is 26.9 Å². The van der Waals surface area contributed by atoms with Gasteiger partial charge in [-0.3, -0.25) is 14.9 Å². The molecule has 1 heterocycles. The molecule has 0 aliphatic rings. The number of nitrogens with one attached hydrogen (secondary N) is 1. The summed E-state index contributed by atoms with van der Waals surface area (Å²) in [6, 6.07) is 14.1. The van der Waals surface area contributed by atoms with Gasteiger partial charge in [-0.15, -0.1) is 0 Å². The van der Waals surface area contributed by atoms with E-state index in [0.29, 0.717) is 18.2 Å². The molecule has 0 fully saturated rings. The number of amides is 1. The minimum Gasteiger partial charge on any atom is -0.460 e. The normalized spacial score (nSPS) is 11.5. The van der Waals surface area contributed by atoms with Gasteiger partial charge in [0.05, 0.1) is 6.54 Å². The molecule has 0 spiro atoms. The molecule has 2 rings (SSSR count). The first kappa shape index (κ1) is 18.0. The fourth-order valence-electron chi connectivity index (χ4n) is 2.53. The van der Waals surface area contributed by atoms with E-state index in [4.69, 9.17) is 9.62 Å². The predicted octanol–water partition coefficient (Wildman–Crippen LogP) is 3.46. The lowest BCUT2D eigenvalue weighted by Crippen LogP contribution is -2.26. The number of rotatable bonds is 8. The van der Waals surface area contributed by atoms with Gasteiger partial charge in [-0.25, -0.2) is 5.48 Å². The molecule has 0 radical (unpaired) electrons. The van der Waals surface area contributed by atoms with E-state index in [9.17, 15) is 4.79 Å². The molecule has 1 amide bonds. The van der Waals surface area contributed by atoms with Gasteiger partial charge in [-0.2, -0.15) is 0 Å². The van der Waals surface area contributed by atoms with Crippen molar-refractivity contribution in [2.75, 3.05) is 6.54 Å². The zero-order chi connectivity index (χ0) is 17.4. The number of carbonyl (C=O) groups is 1. The molecule has 1 aromatic heterocycles. The highest BCUT2D eigenvalue weighted by Crippen LogP contribution is 2.15. The molecule has 128 valence electrons. The first-order valence-corrected chi connectivity index (χ1v) is 8.04. The molecule has 0 aliphatic heterocycles. The van der Waals surface area contributed by atoms with Gasteiger partial charge in [0, 0.05) is 19.2 Å². The van der Waals surface area contributed by atoms with Crippen LogP contribution in [0.5, 0.6) is 0 Å². The highest BCUT2D eigenvalue weighted by atomic mass is 16.5. The highest BCUT2D eigenvalue weighted by molar-refractivity contribution is 5.90. The molecule has 24 heavy (non-hydrogen) atoms. The Morgan fingerprint density at radius 3 is 2.62 bits per heavy atom. The molecule has 2 aromatic rings. The number of hydrogen-bond acceptors (Lipinski definition) is 4. The number of nitrogens with zero attached hydrogens (tertiary/aromatic N) is 1.